The number of phenols is 2. The molecule has 1 aromatic heterocycles. The molecule has 0 bridgehead atoms. The Bertz CT molecular complexity index is 2680. The summed E-state index contributed by atoms with van der Waals surface area (Å²) >= 11 is 6.28. The number of halogens is 1. The van der Waals surface area contributed by atoms with Gasteiger partial charge in [0.2, 0.25) is 0 Å². The van der Waals surface area contributed by atoms with Gasteiger partial charge in [0.25, 0.3) is 0 Å². The molecule has 0 saturated heterocycles. The highest BCUT2D eigenvalue weighted by atomic mass is 35.5. The van der Waals surface area contributed by atoms with Crippen molar-refractivity contribution in [2.75, 3.05) is 5.43 Å². The second-order valence-electron chi connectivity index (χ2n) is 18.3. The number of fused-ring (bicyclic) bond motifs is 1. The molecule has 0 saturated carbocycles. The van der Waals surface area contributed by atoms with Crippen LogP contribution < -0.4 is 5.43 Å². The summed E-state index contributed by atoms with van der Waals surface area (Å²) in [6.07, 6.45) is 7.72. The lowest BCUT2D eigenvalue weighted by Gasteiger charge is -2.33. The predicted octanol–water partition coefficient (Wildman–Crippen LogP) is 11.9. The van der Waals surface area contributed by atoms with Crippen molar-refractivity contribution < 1.29 is 10.2 Å². The first kappa shape index (κ1) is 41.2. The maximum atomic E-state index is 12.1. The summed E-state index contributed by atoms with van der Waals surface area (Å²) in [7, 11) is 0. The van der Waals surface area contributed by atoms with Gasteiger partial charge in [0.15, 0.2) is 0 Å². The number of aromatic nitrogens is 3. The van der Waals surface area contributed by atoms with Crippen molar-refractivity contribution in [2.45, 2.75) is 90.4 Å². The fourth-order valence-electron chi connectivity index (χ4n) is 7.82. The Morgan fingerprint density at radius 2 is 1.34 bits per heavy atom. The van der Waals surface area contributed by atoms with E-state index in [1.165, 1.54) is 4.80 Å². The zero-order chi connectivity index (χ0) is 42.5. The predicted molar refractivity (Wildman–Crippen MR) is 243 cm³/mol. The van der Waals surface area contributed by atoms with Gasteiger partial charge >= 0.3 is 0 Å². The van der Waals surface area contributed by atoms with Crippen LogP contribution in [0.15, 0.2) is 126 Å². The lowest BCUT2D eigenvalue weighted by molar-refractivity contribution is 0.425. The molecule has 0 atom stereocenters. The van der Waals surface area contributed by atoms with E-state index in [1.807, 2.05) is 42.5 Å². The Balaban J connectivity index is 1.28. The molecule has 0 amide bonds. The number of allylic oxidation sites excluding steroid dienone is 4. The third kappa shape index (κ3) is 8.19. The summed E-state index contributed by atoms with van der Waals surface area (Å²) in [6.45, 7) is 19.4. The van der Waals surface area contributed by atoms with Crippen LogP contribution in [-0.4, -0.2) is 36.6 Å². The van der Waals surface area contributed by atoms with E-state index in [0.717, 1.165) is 38.9 Å². The van der Waals surface area contributed by atoms with E-state index in [9.17, 15) is 10.2 Å². The topological polar surface area (TPSA) is 119 Å². The molecule has 1 aliphatic rings. The van der Waals surface area contributed by atoms with Crippen LogP contribution in [0.5, 0.6) is 11.5 Å². The molecule has 9 heteroatoms. The minimum atomic E-state index is -0.658. The molecule has 0 fully saturated rings. The van der Waals surface area contributed by atoms with Crippen molar-refractivity contribution in [2.24, 2.45) is 5.10 Å². The van der Waals surface area contributed by atoms with Gasteiger partial charge in [0.05, 0.1) is 11.4 Å². The number of rotatable bonds is 10. The first-order valence-corrected chi connectivity index (χ1v) is 20.3. The third-order valence-corrected chi connectivity index (χ3v) is 12.0. The summed E-state index contributed by atoms with van der Waals surface area (Å²) in [4.78, 5) is 1.51. The second-order valence-corrected chi connectivity index (χ2v) is 18.7. The standard InChI is InChI=1S/C50H53ClN6O2/c1-47(2,3)34-25-37(46(59)44(28-34)57-55-41-23-22-36(51)29-42(41)56-57)48(4,5)30-31-16-15-19-33(24-31)50(8,9)38-26-35(49(6,7)32-17-11-10-12-18-32)27-43(45(38)58)54-53-40-21-14-13-20-39(40)52/h10-29,52,54,58-59H,30H2,1-9H3/b52-39?,53-40-. The van der Waals surface area contributed by atoms with E-state index in [2.05, 4.69) is 121 Å². The van der Waals surface area contributed by atoms with Crippen molar-refractivity contribution in [3.8, 4) is 17.2 Å². The van der Waals surface area contributed by atoms with Crippen LogP contribution in [0.4, 0.5) is 5.69 Å². The third-order valence-electron chi connectivity index (χ3n) is 11.7. The molecule has 59 heavy (non-hydrogen) atoms. The summed E-state index contributed by atoms with van der Waals surface area (Å²) in [6, 6.07) is 32.4. The van der Waals surface area contributed by atoms with E-state index < -0.39 is 16.2 Å². The number of nitrogens with one attached hydrogen (secondary N) is 2. The monoisotopic (exact) mass is 804 g/mol. The molecule has 4 N–H and O–H groups in total. The first-order chi connectivity index (χ1) is 27.8. The quantitative estimate of drug-likeness (QED) is 0.0624. The number of hydrogen-bond acceptors (Lipinski definition) is 7. The van der Waals surface area contributed by atoms with E-state index >= 15 is 0 Å². The molecule has 0 aliphatic heterocycles. The molecular formula is C50H53ClN6O2. The van der Waals surface area contributed by atoms with Gasteiger partial charge in [-0.15, -0.1) is 15.0 Å². The highest BCUT2D eigenvalue weighted by molar-refractivity contribution is 6.50. The van der Waals surface area contributed by atoms with Crippen LogP contribution in [0.25, 0.3) is 16.7 Å². The van der Waals surface area contributed by atoms with E-state index in [1.54, 1.807) is 30.4 Å². The lowest BCUT2D eigenvalue weighted by atomic mass is 9.71. The van der Waals surface area contributed by atoms with Gasteiger partial charge in [-0.05, 0) is 87.6 Å². The fraction of sp³-hybridized carbons (Fsp3) is 0.280. The molecule has 0 unspecified atom stereocenters. The molecular weight excluding hydrogens is 752 g/mol. The van der Waals surface area contributed by atoms with Gasteiger partial charge in [-0.1, -0.05) is 153 Å². The zero-order valence-electron chi connectivity index (χ0n) is 35.3. The van der Waals surface area contributed by atoms with Crippen LogP contribution in [0.1, 0.15) is 101 Å². The molecule has 0 spiro atoms. The number of hydrazone groups is 1. The largest absolute Gasteiger partial charge is 0.505 e. The number of hydrogen-bond donors (Lipinski definition) is 4. The Kier molecular flexibility index (Phi) is 10.7. The van der Waals surface area contributed by atoms with Gasteiger partial charge < -0.3 is 10.2 Å². The maximum Gasteiger partial charge on any atom is 0.146 e. The van der Waals surface area contributed by atoms with E-state index in [-0.39, 0.29) is 22.6 Å². The highest BCUT2D eigenvalue weighted by Crippen LogP contribution is 2.46. The summed E-state index contributed by atoms with van der Waals surface area (Å²) in [5.74, 6) is 0.227. The molecule has 5 aromatic carbocycles. The average molecular weight is 805 g/mol. The van der Waals surface area contributed by atoms with Gasteiger partial charge in [-0.3, -0.25) is 10.8 Å². The number of nitrogens with zero attached hydrogens (tertiary/aromatic N) is 4. The number of phenolic OH excluding ortho intramolecular Hbond substituents is 2. The summed E-state index contributed by atoms with van der Waals surface area (Å²) in [5.41, 5.74) is 11.2. The molecule has 1 aliphatic carbocycles. The highest BCUT2D eigenvalue weighted by Gasteiger charge is 2.34. The summed E-state index contributed by atoms with van der Waals surface area (Å²) in [5, 5.41) is 47.0. The van der Waals surface area contributed by atoms with E-state index in [0.29, 0.717) is 39.6 Å². The first-order valence-electron chi connectivity index (χ1n) is 20.0. The van der Waals surface area contributed by atoms with Crippen LogP contribution in [-0.2, 0) is 28.1 Å². The fourth-order valence-corrected chi connectivity index (χ4v) is 7.98. The SMILES string of the molecule is CC(C)(C)c1cc(-n2nc3ccc(Cl)cc3n2)c(O)c(C(C)(C)Cc2cccc(C(C)(C)c3cc(C(C)(C)c4ccccc4)cc(N/N=C4/C=CC=CC4=N)c3O)c2)c1. The molecule has 8 nitrogen and oxygen atoms in total. The minimum Gasteiger partial charge on any atom is -0.505 e. The van der Waals surface area contributed by atoms with Crippen LogP contribution in [0, 0.1) is 5.41 Å². The van der Waals surface area contributed by atoms with Crippen LogP contribution >= 0.6 is 11.6 Å². The van der Waals surface area contributed by atoms with Gasteiger partial charge in [0.1, 0.15) is 33.9 Å². The smallest absolute Gasteiger partial charge is 0.146 e. The normalized spacial score (nSPS) is 14.4. The molecule has 302 valence electrons. The minimum absolute atomic E-state index is 0.0955. The Hall–Kier alpha value is -5.99. The summed E-state index contributed by atoms with van der Waals surface area (Å²) < 4.78 is 0. The maximum absolute atomic E-state index is 12.1. The lowest BCUT2D eigenvalue weighted by Crippen LogP contribution is -2.25. The number of benzene rings is 5. The van der Waals surface area contributed by atoms with Gasteiger partial charge in [0, 0.05) is 27.0 Å². The second kappa shape index (κ2) is 15.3. The van der Waals surface area contributed by atoms with Crippen molar-refractivity contribution in [1.82, 2.24) is 15.0 Å². The number of aromatic hydroxyl groups is 2. The van der Waals surface area contributed by atoms with Gasteiger partial charge in [-0.2, -0.15) is 5.10 Å². The van der Waals surface area contributed by atoms with Crippen molar-refractivity contribution in [1.29, 1.82) is 5.41 Å². The van der Waals surface area contributed by atoms with E-state index in [4.69, 9.17) is 27.2 Å². The van der Waals surface area contributed by atoms with Crippen molar-refractivity contribution in [3.05, 3.63) is 165 Å². The average Bonchev–Trinajstić information content (AvgIpc) is 3.60. The zero-order valence-corrected chi connectivity index (χ0v) is 36.1. The Morgan fingerprint density at radius 1 is 0.661 bits per heavy atom. The van der Waals surface area contributed by atoms with Crippen LogP contribution in [0.3, 0.4) is 0 Å². The molecule has 7 rings (SSSR count). The molecule has 1 heterocycles. The van der Waals surface area contributed by atoms with Crippen molar-refractivity contribution >= 4 is 39.7 Å². The van der Waals surface area contributed by atoms with Gasteiger partial charge in [-0.25, -0.2) is 0 Å². The molecule has 6 aromatic rings. The Morgan fingerprint density at radius 3 is 2.05 bits per heavy atom. The van der Waals surface area contributed by atoms with Crippen molar-refractivity contribution in [3.63, 3.8) is 0 Å². The number of anilines is 1. The van der Waals surface area contributed by atoms with Crippen LogP contribution in [0.2, 0.25) is 5.02 Å². The molecule has 0 radical (unpaired) electrons. The Labute approximate surface area is 352 Å².